The van der Waals surface area contributed by atoms with E-state index >= 15 is 0 Å². The average molecular weight is 290 g/mol. The Morgan fingerprint density at radius 2 is 1.76 bits per heavy atom. The summed E-state index contributed by atoms with van der Waals surface area (Å²) in [6.45, 7) is 5.05. The van der Waals surface area contributed by atoms with Crippen molar-refractivity contribution < 1.29 is 14.6 Å². The molecule has 1 aromatic rings. The van der Waals surface area contributed by atoms with Crippen molar-refractivity contribution in [2.24, 2.45) is 10.8 Å². The molecule has 21 heavy (non-hydrogen) atoms. The fourth-order valence-electron chi connectivity index (χ4n) is 3.09. The lowest BCUT2D eigenvalue weighted by atomic mass is 9.63. The molecule has 0 aliphatic heterocycles. The molecule has 0 spiro atoms. The zero-order chi connectivity index (χ0) is 15.3. The van der Waals surface area contributed by atoms with Crippen LogP contribution >= 0.6 is 0 Å². The first-order chi connectivity index (χ1) is 9.94. The van der Waals surface area contributed by atoms with Gasteiger partial charge in [0.25, 0.3) is 0 Å². The number of ether oxygens (including phenoxy) is 1. The van der Waals surface area contributed by atoms with Crippen LogP contribution in [0.4, 0.5) is 0 Å². The molecule has 0 amide bonds. The minimum atomic E-state index is -0.627. The average Bonchev–Trinajstić information content (AvgIpc) is 2.46. The van der Waals surface area contributed by atoms with Crippen LogP contribution in [0, 0.1) is 10.8 Å². The van der Waals surface area contributed by atoms with Gasteiger partial charge in [-0.25, -0.2) is 0 Å². The Morgan fingerprint density at radius 1 is 1.14 bits per heavy atom. The minimum Gasteiger partial charge on any atom is -0.494 e. The van der Waals surface area contributed by atoms with E-state index in [1.165, 1.54) is 0 Å². The lowest BCUT2D eigenvalue weighted by molar-refractivity contribution is -0.153. The van der Waals surface area contributed by atoms with E-state index in [0.717, 1.165) is 37.9 Å². The molecule has 0 bridgehead atoms. The highest BCUT2D eigenvalue weighted by atomic mass is 16.5. The Morgan fingerprint density at radius 3 is 2.33 bits per heavy atom. The van der Waals surface area contributed by atoms with Crippen LogP contribution in [-0.4, -0.2) is 17.7 Å². The third-order valence-electron chi connectivity index (χ3n) is 4.83. The highest BCUT2D eigenvalue weighted by molar-refractivity contribution is 5.74. The number of aliphatic carboxylic acids is 1. The molecular formula is C18H26O3. The number of para-hydroxylation sites is 1. The second-order valence-electron chi connectivity index (χ2n) is 7.01. The largest absolute Gasteiger partial charge is 0.494 e. The van der Waals surface area contributed by atoms with Gasteiger partial charge in [-0.2, -0.15) is 0 Å². The summed E-state index contributed by atoms with van der Waals surface area (Å²) in [5.41, 5.74) is -0.241. The van der Waals surface area contributed by atoms with E-state index in [-0.39, 0.29) is 0 Å². The lowest BCUT2D eigenvalue weighted by Gasteiger charge is -2.41. The van der Waals surface area contributed by atoms with E-state index in [1.807, 2.05) is 30.3 Å². The van der Waals surface area contributed by atoms with Gasteiger partial charge in [-0.05, 0) is 56.1 Å². The number of carbonyl (C=O) groups is 1. The quantitative estimate of drug-likeness (QED) is 0.784. The molecule has 0 atom stereocenters. The van der Waals surface area contributed by atoms with Crippen LogP contribution in [-0.2, 0) is 4.79 Å². The number of rotatable bonds is 6. The highest BCUT2D eigenvalue weighted by Crippen LogP contribution is 2.47. The molecule has 116 valence electrons. The van der Waals surface area contributed by atoms with E-state index in [2.05, 4.69) is 13.8 Å². The third kappa shape index (κ3) is 4.23. The minimum absolute atomic E-state index is 0.291. The number of hydrogen-bond donors (Lipinski definition) is 1. The summed E-state index contributed by atoms with van der Waals surface area (Å²) in [6.07, 6.45) is 5.09. The maximum Gasteiger partial charge on any atom is 0.309 e. The Kier molecular flexibility index (Phi) is 4.92. The summed E-state index contributed by atoms with van der Waals surface area (Å²) in [7, 11) is 0. The Labute approximate surface area is 127 Å². The van der Waals surface area contributed by atoms with Crippen LogP contribution in [0.5, 0.6) is 5.75 Å². The van der Waals surface area contributed by atoms with Gasteiger partial charge >= 0.3 is 5.97 Å². The predicted octanol–water partition coefficient (Wildman–Crippen LogP) is 4.52. The molecule has 1 fully saturated rings. The summed E-state index contributed by atoms with van der Waals surface area (Å²) in [5, 5.41) is 9.63. The first-order valence-electron chi connectivity index (χ1n) is 7.85. The topological polar surface area (TPSA) is 46.5 Å². The maximum absolute atomic E-state index is 11.7. The van der Waals surface area contributed by atoms with Crippen LogP contribution < -0.4 is 4.74 Å². The van der Waals surface area contributed by atoms with Crippen molar-refractivity contribution in [2.75, 3.05) is 6.61 Å². The fraction of sp³-hybridized carbons (Fsp3) is 0.611. The third-order valence-corrected chi connectivity index (χ3v) is 4.83. The standard InChI is InChI=1S/C18H26O3/c1-17(2)10-12-18(13-11-17,16(19)20)9-6-14-21-15-7-4-3-5-8-15/h3-5,7-8H,6,9-14H2,1-2H3,(H,19,20). The molecule has 3 heteroatoms. The van der Waals surface area contributed by atoms with E-state index in [0.29, 0.717) is 18.4 Å². The van der Waals surface area contributed by atoms with Crippen LogP contribution in [0.2, 0.25) is 0 Å². The number of benzene rings is 1. The second kappa shape index (κ2) is 6.50. The van der Waals surface area contributed by atoms with Gasteiger partial charge in [0.2, 0.25) is 0 Å². The SMILES string of the molecule is CC1(C)CCC(CCCOc2ccccc2)(C(=O)O)CC1. The van der Waals surface area contributed by atoms with Gasteiger partial charge in [0.05, 0.1) is 12.0 Å². The first-order valence-corrected chi connectivity index (χ1v) is 7.85. The molecule has 1 N–H and O–H groups in total. The smallest absolute Gasteiger partial charge is 0.309 e. The number of carboxylic acid groups (broad SMARTS) is 1. The van der Waals surface area contributed by atoms with Crippen molar-refractivity contribution in [1.29, 1.82) is 0 Å². The van der Waals surface area contributed by atoms with Crippen LogP contribution in [0.1, 0.15) is 52.4 Å². The van der Waals surface area contributed by atoms with Crippen molar-refractivity contribution in [1.82, 2.24) is 0 Å². The van der Waals surface area contributed by atoms with E-state index < -0.39 is 11.4 Å². The van der Waals surface area contributed by atoms with Gasteiger partial charge in [0, 0.05) is 0 Å². The first kappa shape index (κ1) is 15.9. The molecule has 2 rings (SSSR count). The van der Waals surface area contributed by atoms with Gasteiger partial charge in [-0.1, -0.05) is 32.0 Å². The molecule has 0 unspecified atom stereocenters. The zero-order valence-corrected chi connectivity index (χ0v) is 13.1. The van der Waals surface area contributed by atoms with E-state index in [1.54, 1.807) is 0 Å². The van der Waals surface area contributed by atoms with E-state index in [9.17, 15) is 9.90 Å². The van der Waals surface area contributed by atoms with Crippen molar-refractivity contribution in [3.8, 4) is 5.75 Å². The Hall–Kier alpha value is -1.51. The second-order valence-corrected chi connectivity index (χ2v) is 7.01. The summed E-state index contributed by atoms with van der Waals surface area (Å²) >= 11 is 0. The molecule has 0 aromatic heterocycles. The molecule has 1 aromatic carbocycles. The van der Waals surface area contributed by atoms with Gasteiger partial charge in [-0.3, -0.25) is 4.79 Å². The lowest BCUT2D eigenvalue weighted by Crippen LogP contribution is -2.38. The van der Waals surface area contributed by atoms with Gasteiger partial charge in [-0.15, -0.1) is 0 Å². The molecule has 0 heterocycles. The highest BCUT2D eigenvalue weighted by Gasteiger charge is 2.43. The van der Waals surface area contributed by atoms with Crippen molar-refractivity contribution >= 4 is 5.97 Å². The summed E-state index contributed by atoms with van der Waals surface area (Å²) < 4.78 is 5.67. The molecule has 1 aliphatic carbocycles. The van der Waals surface area contributed by atoms with Crippen LogP contribution in [0.3, 0.4) is 0 Å². The normalized spacial score (nSPS) is 19.9. The summed E-state index contributed by atoms with van der Waals surface area (Å²) in [5.74, 6) is 0.226. The Bertz CT molecular complexity index is 455. The summed E-state index contributed by atoms with van der Waals surface area (Å²) in [6, 6.07) is 9.69. The Balaban J connectivity index is 1.83. The monoisotopic (exact) mass is 290 g/mol. The van der Waals surface area contributed by atoms with Gasteiger partial charge < -0.3 is 9.84 Å². The van der Waals surface area contributed by atoms with Gasteiger partial charge in [0.1, 0.15) is 5.75 Å². The molecular weight excluding hydrogens is 264 g/mol. The molecule has 1 aliphatic rings. The maximum atomic E-state index is 11.7. The number of hydrogen-bond acceptors (Lipinski definition) is 2. The van der Waals surface area contributed by atoms with Crippen molar-refractivity contribution in [3.05, 3.63) is 30.3 Å². The van der Waals surface area contributed by atoms with Crippen molar-refractivity contribution in [2.45, 2.75) is 52.4 Å². The number of carboxylic acids is 1. The van der Waals surface area contributed by atoms with Gasteiger partial charge in [0.15, 0.2) is 0 Å². The van der Waals surface area contributed by atoms with Crippen LogP contribution in [0.25, 0.3) is 0 Å². The zero-order valence-electron chi connectivity index (χ0n) is 13.1. The van der Waals surface area contributed by atoms with Crippen molar-refractivity contribution in [3.63, 3.8) is 0 Å². The molecule has 3 nitrogen and oxygen atoms in total. The fourth-order valence-corrected chi connectivity index (χ4v) is 3.09. The van der Waals surface area contributed by atoms with Crippen LogP contribution in [0.15, 0.2) is 30.3 Å². The molecule has 0 saturated heterocycles. The predicted molar refractivity (Wildman–Crippen MR) is 83.5 cm³/mol. The summed E-state index contributed by atoms with van der Waals surface area (Å²) in [4.78, 5) is 11.7. The molecule has 0 radical (unpaired) electrons. The van der Waals surface area contributed by atoms with E-state index in [4.69, 9.17) is 4.74 Å². The molecule has 1 saturated carbocycles.